The molecule has 2 aromatic rings. The third kappa shape index (κ3) is 4.02. The van der Waals surface area contributed by atoms with Crippen molar-refractivity contribution in [1.29, 1.82) is 0 Å². The Hall–Kier alpha value is -2.48. The molecule has 0 amide bonds. The van der Waals surface area contributed by atoms with Gasteiger partial charge in [-0.3, -0.25) is 10.1 Å². The quantitative estimate of drug-likeness (QED) is 0.464. The highest BCUT2D eigenvalue weighted by atomic mass is 16.6. The monoisotopic (exact) mass is 278 g/mol. The molecule has 0 radical (unpaired) electrons. The number of rotatable bonds is 7. The Morgan fingerprint density at radius 2 is 2.15 bits per heavy atom. The number of hydrogen-bond acceptors (Lipinski definition) is 7. The lowest BCUT2D eigenvalue weighted by Crippen LogP contribution is -2.20. The molecule has 0 spiro atoms. The van der Waals surface area contributed by atoms with E-state index in [1.807, 2.05) is 0 Å². The molecular formula is C12H14N4O4. The normalized spacial score (nSPS) is 10.4. The third-order valence-corrected chi connectivity index (χ3v) is 2.44. The molecule has 0 unspecified atom stereocenters. The molecule has 106 valence electrons. The molecule has 2 rings (SSSR count). The number of ether oxygens (including phenoxy) is 1. The van der Waals surface area contributed by atoms with Crippen molar-refractivity contribution in [1.82, 2.24) is 15.5 Å². The predicted molar refractivity (Wildman–Crippen MR) is 69.3 cm³/mol. The Morgan fingerprint density at radius 1 is 1.40 bits per heavy atom. The Kier molecular flexibility index (Phi) is 4.61. The summed E-state index contributed by atoms with van der Waals surface area (Å²) in [4.78, 5) is 14.1. The lowest BCUT2D eigenvalue weighted by Gasteiger charge is -2.05. The summed E-state index contributed by atoms with van der Waals surface area (Å²) < 4.78 is 10.4. The van der Waals surface area contributed by atoms with Crippen molar-refractivity contribution in [3.8, 4) is 5.75 Å². The van der Waals surface area contributed by atoms with Crippen molar-refractivity contribution in [2.45, 2.75) is 13.5 Å². The number of nitro groups is 1. The summed E-state index contributed by atoms with van der Waals surface area (Å²) >= 11 is 0. The van der Waals surface area contributed by atoms with E-state index in [0.717, 1.165) is 0 Å². The maximum absolute atomic E-state index is 10.5. The van der Waals surface area contributed by atoms with E-state index in [-0.39, 0.29) is 5.69 Å². The fraction of sp³-hybridized carbons (Fsp3) is 0.333. The number of nitro benzene ring substituents is 1. The standard InChI is InChI=1S/C12H14N4O4/c1-9-14-12(20-15-9)8-13-6-7-19-11-4-2-10(3-5-11)16(17)18/h2-5,13H,6-8H2,1H3. The van der Waals surface area contributed by atoms with Crippen LogP contribution in [0.2, 0.25) is 0 Å². The summed E-state index contributed by atoms with van der Waals surface area (Å²) in [6.07, 6.45) is 0. The minimum absolute atomic E-state index is 0.0437. The van der Waals surface area contributed by atoms with Gasteiger partial charge < -0.3 is 14.6 Å². The van der Waals surface area contributed by atoms with Crippen LogP contribution in [-0.4, -0.2) is 28.2 Å². The van der Waals surface area contributed by atoms with Gasteiger partial charge in [0.2, 0.25) is 5.89 Å². The molecule has 0 aliphatic heterocycles. The summed E-state index contributed by atoms with van der Waals surface area (Å²) in [5.41, 5.74) is 0.0437. The zero-order valence-electron chi connectivity index (χ0n) is 10.9. The maximum atomic E-state index is 10.5. The van der Waals surface area contributed by atoms with Gasteiger partial charge in [-0.05, 0) is 19.1 Å². The molecule has 0 aliphatic carbocycles. The van der Waals surface area contributed by atoms with Gasteiger partial charge in [0, 0.05) is 18.7 Å². The molecule has 20 heavy (non-hydrogen) atoms. The van der Waals surface area contributed by atoms with Gasteiger partial charge in [0.25, 0.3) is 5.69 Å². The number of nitrogens with one attached hydrogen (secondary N) is 1. The van der Waals surface area contributed by atoms with Crippen molar-refractivity contribution in [2.24, 2.45) is 0 Å². The summed E-state index contributed by atoms with van der Waals surface area (Å²) in [5, 5.41) is 17.2. The van der Waals surface area contributed by atoms with Crippen LogP contribution in [0.15, 0.2) is 28.8 Å². The number of nitrogens with zero attached hydrogens (tertiary/aromatic N) is 3. The average molecular weight is 278 g/mol. The molecule has 0 saturated heterocycles. The highest BCUT2D eigenvalue weighted by molar-refractivity contribution is 5.35. The molecule has 0 saturated carbocycles. The van der Waals surface area contributed by atoms with Gasteiger partial charge in [0.15, 0.2) is 5.82 Å². The lowest BCUT2D eigenvalue weighted by molar-refractivity contribution is -0.384. The van der Waals surface area contributed by atoms with Crippen LogP contribution < -0.4 is 10.1 Å². The zero-order chi connectivity index (χ0) is 14.4. The number of aryl methyl sites for hydroxylation is 1. The van der Waals surface area contributed by atoms with Crippen molar-refractivity contribution < 1.29 is 14.2 Å². The smallest absolute Gasteiger partial charge is 0.269 e. The highest BCUT2D eigenvalue weighted by Crippen LogP contribution is 2.16. The minimum Gasteiger partial charge on any atom is -0.492 e. The molecule has 8 nitrogen and oxygen atoms in total. The molecule has 0 aliphatic rings. The van der Waals surface area contributed by atoms with Crippen LogP contribution in [0.1, 0.15) is 11.7 Å². The van der Waals surface area contributed by atoms with Crippen LogP contribution in [0.25, 0.3) is 0 Å². The first-order valence-corrected chi connectivity index (χ1v) is 6.02. The molecule has 0 atom stereocenters. The zero-order valence-corrected chi connectivity index (χ0v) is 10.9. The summed E-state index contributed by atoms with van der Waals surface area (Å²) in [7, 11) is 0. The van der Waals surface area contributed by atoms with E-state index >= 15 is 0 Å². The average Bonchev–Trinajstić information content (AvgIpc) is 2.84. The van der Waals surface area contributed by atoms with Crippen LogP contribution >= 0.6 is 0 Å². The van der Waals surface area contributed by atoms with Gasteiger partial charge >= 0.3 is 0 Å². The Labute approximate surface area is 114 Å². The Balaban J connectivity index is 1.66. The summed E-state index contributed by atoms with van der Waals surface area (Å²) in [5.74, 6) is 1.72. The van der Waals surface area contributed by atoms with Gasteiger partial charge in [-0.2, -0.15) is 4.98 Å². The third-order valence-electron chi connectivity index (χ3n) is 2.44. The second-order valence-corrected chi connectivity index (χ2v) is 4.01. The highest BCUT2D eigenvalue weighted by Gasteiger charge is 2.04. The van der Waals surface area contributed by atoms with Crippen molar-refractivity contribution in [3.63, 3.8) is 0 Å². The molecule has 1 N–H and O–H groups in total. The molecule has 8 heteroatoms. The fourth-order valence-corrected chi connectivity index (χ4v) is 1.51. The SMILES string of the molecule is Cc1noc(CNCCOc2ccc([N+](=O)[O-])cc2)n1. The summed E-state index contributed by atoms with van der Waals surface area (Å²) in [6.45, 7) is 3.26. The molecule has 1 aromatic carbocycles. The lowest BCUT2D eigenvalue weighted by atomic mass is 10.3. The summed E-state index contributed by atoms with van der Waals surface area (Å²) in [6, 6.07) is 5.95. The van der Waals surface area contributed by atoms with Crippen LogP contribution in [-0.2, 0) is 6.54 Å². The molecule has 1 aromatic heterocycles. The second-order valence-electron chi connectivity index (χ2n) is 4.01. The fourth-order valence-electron chi connectivity index (χ4n) is 1.51. The number of aromatic nitrogens is 2. The predicted octanol–water partition coefficient (Wildman–Crippen LogP) is 1.45. The Bertz CT molecular complexity index is 567. The maximum Gasteiger partial charge on any atom is 0.269 e. The first kappa shape index (κ1) is 13.9. The first-order valence-electron chi connectivity index (χ1n) is 6.02. The topological polar surface area (TPSA) is 103 Å². The van der Waals surface area contributed by atoms with E-state index in [0.29, 0.717) is 37.2 Å². The van der Waals surface area contributed by atoms with E-state index in [1.165, 1.54) is 12.1 Å². The second kappa shape index (κ2) is 6.62. The van der Waals surface area contributed by atoms with Gasteiger partial charge in [-0.25, -0.2) is 0 Å². The molecule has 1 heterocycles. The molecule has 0 bridgehead atoms. The van der Waals surface area contributed by atoms with Gasteiger partial charge in [-0.15, -0.1) is 0 Å². The number of benzene rings is 1. The minimum atomic E-state index is -0.447. The van der Waals surface area contributed by atoms with Crippen LogP contribution in [0, 0.1) is 17.0 Å². The number of hydrogen-bond donors (Lipinski definition) is 1. The Morgan fingerprint density at radius 3 is 2.75 bits per heavy atom. The van der Waals surface area contributed by atoms with Crippen molar-refractivity contribution in [3.05, 3.63) is 46.1 Å². The van der Waals surface area contributed by atoms with E-state index in [2.05, 4.69) is 15.5 Å². The van der Waals surface area contributed by atoms with Gasteiger partial charge in [0.05, 0.1) is 11.5 Å². The first-order chi connectivity index (χ1) is 9.65. The van der Waals surface area contributed by atoms with Crippen LogP contribution in [0.4, 0.5) is 5.69 Å². The van der Waals surface area contributed by atoms with Crippen molar-refractivity contribution >= 4 is 5.69 Å². The molecular weight excluding hydrogens is 264 g/mol. The van der Waals surface area contributed by atoms with Gasteiger partial charge in [0.1, 0.15) is 12.4 Å². The largest absolute Gasteiger partial charge is 0.492 e. The van der Waals surface area contributed by atoms with Crippen molar-refractivity contribution in [2.75, 3.05) is 13.2 Å². The van der Waals surface area contributed by atoms with E-state index in [1.54, 1.807) is 19.1 Å². The van der Waals surface area contributed by atoms with E-state index in [9.17, 15) is 10.1 Å². The van der Waals surface area contributed by atoms with E-state index < -0.39 is 4.92 Å². The van der Waals surface area contributed by atoms with Crippen LogP contribution in [0.5, 0.6) is 5.75 Å². The van der Waals surface area contributed by atoms with E-state index in [4.69, 9.17) is 9.26 Å². The van der Waals surface area contributed by atoms with Gasteiger partial charge in [-0.1, -0.05) is 5.16 Å². The number of non-ortho nitro benzene ring substituents is 1. The van der Waals surface area contributed by atoms with Crippen LogP contribution in [0.3, 0.4) is 0 Å². The molecule has 0 fully saturated rings.